The maximum atomic E-state index is 7.87. The summed E-state index contributed by atoms with van der Waals surface area (Å²) >= 11 is 0. The molecule has 1 saturated carbocycles. The molecule has 1 aromatic heterocycles. The lowest BCUT2D eigenvalue weighted by atomic mass is 10.3. The normalized spacial score (nSPS) is 17.7. The largest absolute Gasteiger partial charge is 0.399 e. The summed E-state index contributed by atoms with van der Waals surface area (Å²) in [6, 6.07) is 5.49. The molecule has 3 heteroatoms. The Labute approximate surface area is 77.4 Å². The van der Waals surface area contributed by atoms with E-state index in [9.17, 15) is 0 Å². The number of anilines is 1. The van der Waals surface area contributed by atoms with E-state index in [1.165, 1.54) is 4.98 Å². The molecule has 0 aliphatic heterocycles. The number of H-pyrrole nitrogens is 1. The minimum Gasteiger partial charge on any atom is -0.399 e. The molecule has 3 rings (SSSR count). The van der Waals surface area contributed by atoms with Crippen LogP contribution in [0, 0.1) is 0 Å². The number of nitrogens with zero attached hydrogens (tertiary/aromatic N) is 1. The first kappa shape index (κ1) is 6.02. The quantitative estimate of drug-likeness (QED) is 0.650. The molecule has 0 bridgehead atoms. The van der Waals surface area contributed by atoms with Gasteiger partial charge in [-0.15, -0.1) is 0 Å². The zero-order chi connectivity index (χ0) is 9.71. The highest BCUT2D eigenvalue weighted by Gasteiger charge is 2.26. The lowest BCUT2D eigenvalue weighted by molar-refractivity contribution is 0.986. The molecule has 1 heterocycles. The third kappa shape index (κ3) is 1.08. The van der Waals surface area contributed by atoms with Gasteiger partial charge in [0.2, 0.25) is 0 Å². The van der Waals surface area contributed by atoms with Crippen molar-refractivity contribution in [2.45, 2.75) is 18.8 Å². The highest BCUT2D eigenvalue weighted by molar-refractivity contribution is 5.78. The second-order valence-electron chi connectivity index (χ2n) is 3.60. The van der Waals surface area contributed by atoms with Crippen LogP contribution in [0.1, 0.15) is 24.6 Å². The first-order chi connectivity index (χ1) is 6.75. The Kier molecular flexibility index (Phi) is 1.04. The topological polar surface area (TPSA) is 54.7 Å². The van der Waals surface area contributed by atoms with Crippen LogP contribution >= 0.6 is 0 Å². The van der Waals surface area contributed by atoms with Crippen LogP contribution in [0.2, 0.25) is 1.41 Å². The van der Waals surface area contributed by atoms with Crippen molar-refractivity contribution in [1.82, 2.24) is 9.96 Å². The number of nitrogens with two attached hydrogens (primary N) is 1. The molecule has 1 aromatic carbocycles. The number of aromatic amines is 1. The van der Waals surface area contributed by atoms with Gasteiger partial charge in [0.1, 0.15) is 5.82 Å². The molecule has 1 aliphatic rings. The van der Waals surface area contributed by atoms with E-state index >= 15 is 0 Å². The first-order valence-corrected chi connectivity index (χ1v) is 4.53. The molecule has 13 heavy (non-hydrogen) atoms. The maximum Gasteiger partial charge on any atom is 0.168 e. The molecular formula is C10H11N3. The molecule has 2 aromatic rings. The highest BCUT2D eigenvalue weighted by Crippen LogP contribution is 2.39. The molecule has 1 fully saturated rings. The van der Waals surface area contributed by atoms with Crippen LogP contribution in [0.25, 0.3) is 11.0 Å². The number of nitrogen functional groups attached to an aromatic ring is 1. The molecular weight excluding hydrogens is 162 g/mol. The molecule has 1 aliphatic carbocycles. The number of benzene rings is 1. The second kappa shape index (κ2) is 2.25. The van der Waals surface area contributed by atoms with Crippen molar-refractivity contribution in [3.8, 4) is 0 Å². The van der Waals surface area contributed by atoms with E-state index in [-0.39, 0.29) is 0 Å². The van der Waals surface area contributed by atoms with Crippen LogP contribution in [-0.2, 0) is 0 Å². The van der Waals surface area contributed by atoms with E-state index in [1.54, 1.807) is 0 Å². The molecule has 0 spiro atoms. The average molecular weight is 174 g/mol. The number of hydrogen-bond donors (Lipinski definition) is 2. The summed E-state index contributed by atoms with van der Waals surface area (Å²) in [6.07, 6.45) is 2.33. The van der Waals surface area contributed by atoms with Gasteiger partial charge >= 0.3 is 0 Å². The van der Waals surface area contributed by atoms with E-state index in [0.717, 1.165) is 29.7 Å². The molecule has 0 unspecified atom stereocenters. The zero-order valence-electron chi connectivity index (χ0n) is 8.20. The lowest BCUT2D eigenvalue weighted by Gasteiger charge is -1.89. The summed E-state index contributed by atoms with van der Waals surface area (Å²) in [6.45, 7) is 0. The van der Waals surface area contributed by atoms with Gasteiger partial charge in [0.25, 0.3) is 0 Å². The van der Waals surface area contributed by atoms with Gasteiger partial charge < -0.3 is 10.7 Å². The Balaban J connectivity index is 2.28. The van der Waals surface area contributed by atoms with Crippen molar-refractivity contribution in [2.75, 3.05) is 5.73 Å². The predicted octanol–water partition coefficient (Wildman–Crippen LogP) is 2.02. The fourth-order valence-corrected chi connectivity index (χ4v) is 1.52. The Morgan fingerprint density at radius 1 is 1.54 bits per heavy atom. The highest BCUT2D eigenvalue weighted by atomic mass is 14.9. The van der Waals surface area contributed by atoms with Crippen LogP contribution in [0.5, 0.6) is 0 Å². The van der Waals surface area contributed by atoms with E-state index < -0.39 is 0 Å². The second-order valence-corrected chi connectivity index (χ2v) is 3.60. The number of imidazole rings is 1. The molecule has 0 saturated heterocycles. The molecule has 0 atom stereocenters. The molecule has 66 valence electrons. The van der Waals surface area contributed by atoms with Crippen molar-refractivity contribution in [3.05, 3.63) is 24.0 Å². The van der Waals surface area contributed by atoms with Crippen LogP contribution in [0.4, 0.5) is 5.69 Å². The maximum absolute atomic E-state index is 7.87. The minimum atomic E-state index is 0.501. The van der Waals surface area contributed by atoms with Gasteiger partial charge in [0.15, 0.2) is 1.41 Å². The summed E-state index contributed by atoms with van der Waals surface area (Å²) < 4.78 is 7.87. The Morgan fingerprint density at radius 3 is 3.15 bits per heavy atom. The predicted molar refractivity (Wildman–Crippen MR) is 52.5 cm³/mol. The number of fused-ring (bicyclic) bond motifs is 1. The Morgan fingerprint density at radius 2 is 2.38 bits per heavy atom. The monoisotopic (exact) mass is 174 g/mol. The van der Waals surface area contributed by atoms with E-state index in [2.05, 4.69) is 4.98 Å². The van der Waals surface area contributed by atoms with Gasteiger partial charge in [-0.1, -0.05) is 0 Å². The van der Waals surface area contributed by atoms with Crippen LogP contribution in [0.3, 0.4) is 0 Å². The van der Waals surface area contributed by atoms with Crippen LogP contribution < -0.4 is 5.73 Å². The number of rotatable bonds is 1. The SMILES string of the molecule is [2H]n1c(C2CC2)nc2cc(N)ccc21. The third-order valence-electron chi connectivity index (χ3n) is 2.41. The van der Waals surface area contributed by atoms with Crippen molar-refractivity contribution in [2.24, 2.45) is 0 Å². The molecule has 0 radical (unpaired) electrons. The van der Waals surface area contributed by atoms with Crippen molar-refractivity contribution in [1.29, 1.82) is 0 Å². The smallest absolute Gasteiger partial charge is 0.168 e. The number of aromatic nitrogens is 2. The van der Waals surface area contributed by atoms with Gasteiger partial charge in [-0.05, 0) is 31.0 Å². The molecule has 3 nitrogen and oxygen atoms in total. The first-order valence-electron chi connectivity index (χ1n) is 4.97. The van der Waals surface area contributed by atoms with Crippen molar-refractivity contribution in [3.63, 3.8) is 0 Å². The molecule has 0 amide bonds. The van der Waals surface area contributed by atoms with Gasteiger partial charge in [-0.25, -0.2) is 4.98 Å². The third-order valence-corrected chi connectivity index (χ3v) is 2.41. The zero-order valence-corrected chi connectivity index (χ0v) is 7.20. The van der Waals surface area contributed by atoms with E-state index in [4.69, 9.17) is 7.15 Å². The van der Waals surface area contributed by atoms with Gasteiger partial charge in [-0.2, -0.15) is 0 Å². The summed E-state index contributed by atoms with van der Waals surface area (Å²) in [5, 5.41) is 0. The number of hydrogen-bond acceptors (Lipinski definition) is 2. The van der Waals surface area contributed by atoms with Crippen LogP contribution in [0.15, 0.2) is 18.2 Å². The summed E-state index contributed by atoms with van der Waals surface area (Å²) in [7, 11) is 0. The average Bonchev–Trinajstić information content (AvgIpc) is 2.93. The Bertz CT molecular complexity index is 499. The van der Waals surface area contributed by atoms with E-state index in [1.807, 2.05) is 18.2 Å². The van der Waals surface area contributed by atoms with Gasteiger partial charge in [-0.3, -0.25) is 0 Å². The number of nitrogens with one attached hydrogen (secondary N) is 1. The minimum absolute atomic E-state index is 0.501. The Hall–Kier alpha value is -1.51. The van der Waals surface area contributed by atoms with Gasteiger partial charge in [0.05, 0.1) is 11.0 Å². The molecule has 3 N–H and O–H groups in total. The van der Waals surface area contributed by atoms with Crippen LogP contribution in [-0.4, -0.2) is 9.96 Å². The summed E-state index contributed by atoms with van der Waals surface area (Å²) in [4.78, 5) is 5.87. The summed E-state index contributed by atoms with van der Waals surface area (Å²) in [5.74, 6) is 1.38. The lowest BCUT2D eigenvalue weighted by Crippen LogP contribution is -1.82. The summed E-state index contributed by atoms with van der Waals surface area (Å²) in [5.41, 5.74) is 8.05. The van der Waals surface area contributed by atoms with Crippen molar-refractivity contribution < 1.29 is 1.41 Å². The fraction of sp³-hybridized carbons (Fsp3) is 0.300. The van der Waals surface area contributed by atoms with Gasteiger partial charge in [0, 0.05) is 11.6 Å². The fourth-order valence-electron chi connectivity index (χ4n) is 1.52. The van der Waals surface area contributed by atoms with Crippen molar-refractivity contribution >= 4 is 16.7 Å². The van der Waals surface area contributed by atoms with E-state index in [0.29, 0.717) is 11.6 Å². The standard InChI is InChI=1S/C10H11N3/c11-7-3-4-8-9(5-7)13-10(12-8)6-1-2-6/h3-6H,1-2,11H2,(H,12,13)/i/hD.